The van der Waals surface area contributed by atoms with Gasteiger partial charge in [0.1, 0.15) is 21.9 Å². The van der Waals surface area contributed by atoms with Gasteiger partial charge >= 0.3 is 0 Å². The van der Waals surface area contributed by atoms with E-state index in [1.807, 2.05) is 24.5 Å². The molecule has 1 aliphatic rings. The minimum atomic E-state index is -3.10. The molecule has 0 unspecified atom stereocenters. The molecule has 1 aliphatic heterocycles. The van der Waals surface area contributed by atoms with E-state index in [0.717, 1.165) is 22.3 Å². The van der Waals surface area contributed by atoms with E-state index < -0.39 is 15.5 Å². The maximum absolute atomic E-state index is 13.1. The monoisotopic (exact) mass is 418 g/mol. The Morgan fingerprint density at radius 1 is 1.23 bits per heavy atom. The summed E-state index contributed by atoms with van der Waals surface area (Å²) in [6.07, 6.45) is 6.90. The SMILES string of the molecule is [C-]#[N+]CC1(n2cc(-c3ncnc4[nH]ccc34)cn2)CN([S@@](=N)(=O)c2ccccc2)C1. The van der Waals surface area contributed by atoms with Gasteiger partial charge in [-0.15, -0.1) is 0 Å². The molecule has 2 N–H and O–H groups in total. The molecule has 30 heavy (non-hydrogen) atoms. The van der Waals surface area contributed by atoms with Crippen LogP contribution in [0.3, 0.4) is 0 Å². The first-order valence-electron chi connectivity index (χ1n) is 9.29. The number of hydrogen-bond donors (Lipinski definition) is 2. The van der Waals surface area contributed by atoms with Crippen LogP contribution in [0.15, 0.2) is 66.2 Å². The fraction of sp³-hybridized carbons (Fsp3) is 0.200. The van der Waals surface area contributed by atoms with Crippen molar-refractivity contribution >= 4 is 20.9 Å². The van der Waals surface area contributed by atoms with Gasteiger partial charge in [0, 0.05) is 36.4 Å². The third-order valence-corrected chi connectivity index (χ3v) is 7.33. The van der Waals surface area contributed by atoms with E-state index in [-0.39, 0.29) is 6.54 Å². The average Bonchev–Trinajstić information content (AvgIpc) is 3.40. The van der Waals surface area contributed by atoms with Gasteiger partial charge in [0.25, 0.3) is 0 Å². The van der Waals surface area contributed by atoms with E-state index in [2.05, 4.69) is 24.9 Å². The number of rotatable bonds is 5. The highest BCUT2D eigenvalue weighted by atomic mass is 32.2. The molecule has 1 saturated heterocycles. The molecule has 0 saturated carbocycles. The highest BCUT2D eigenvalue weighted by Crippen LogP contribution is 2.35. The fourth-order valence-corrected chi connectivity index (χ4v) is 5.49. The Hall–Kier alpha value is -3.55. The number of aromatic nitrogens is 5. The molecular weight excluding hydrogens is 400 g/mol. The minimum absolute atomic E-state index is 0.193. The topological polar surface area (TPSA) is 108 Å². The van der Waals surface area contributed by atoms with Crippen molar-refractivity contribution in [1.29, 1.82) is 4.78 Å². The lowest BCUT2D eigenvalue weighted by atomic mass is 9.92. The van der Waals surface area contributed by atoms with Crippen LogP contribution in [0, 0.1) is 11.4 Å². The summed E-state index contributed by atoms with van der Waals surface area (Å²) in [6, 6.07) is 10.7. The average molecular weight is 418 g/mol. The number of hydrogen-bond acceptors (Lipinski definition) is 5. The quantitative estimate of drug-likeness (QED) is 0.486. The maximum Gasteiger partial charge on any atom is 0.242 e. The lowest BCUT2D eigenvalue weighted by Crippen LogP contribution is -2.65. The van der Waals surface area contributed by atoms with Gasteiger partial charge in [0.15, 0.2) is 5.54 Å². The van der Waals surface area contributed by atoms with Crippen LogP contribution >= 0.6 is 0 Å². The molecule has 1 aromatic carbocycles. The van der Waals surface area contributed by atoms with E-state index in [1.165, 1.54) is 6.33 Å². The predicted octanol–water partition coefficient (Wildman–Crippen LogP) is 2.77. The smallest absolute Gasteiger partial charge is 0.242 e. The van der Waals surface area contributed by atoms with Crippen LogP contribution in [0.25, 0.3) is 27.1 Å². The van der Waals surface area contributed by atoms with Crippen LogP contribution in [0.4, 0.5) is 0 Å². The predicted molar refractivity (Wildman–Crippen MR) is 112 cm³/mol. The summed E-state index contributed by atoms with van der Waals surface area (Å²) in [6.45, 7) is 8.24. The molecule has 0 radical (unpaired) electrons. The standard InChI is InChI=1S/C20H18N8OS/c1-22-11-20(12-27(13-20)30(21,29)16-5-3-2-4-6-16)28-10-15(9-26-28)18-17-7-8-23-19(17)25-14-24-18/h2-10,14,21H,11-13H2,(H,23,24,25)/t30-/m1/s1. The highest BCUT2D eigenvalue weighted by Gasteiger charge is 2.52. The molecule has 1 fully saturated rings. The van der Waals surface area contributed by atoms with Crippen LogP contribution in [0.5, 0.6) is 0 Å². The Kier molecular flexibility index (Phi) is 4.16. The van der Waals surface area contributed by atoms with E-state index in [4.69, 9.17) is 11.4 Å². The highest BCUT2D eigenvalue weighted by molar-refractivity contribution is 7.90. The van der Waals surface area contributed by atoms with Gasteiger partial charge < -0.3 is 9.83 Å². The number of H-pyrrole nitrogens is 1. The van der Waals surface area contributed by atoms with Gasteiger partial charge in [-0.05, 0) is 18.2 Å². The Bertz CT molecular complexity index is 1360. The lowest BCUT2D eigenvalue weighted by Gasteiger charge is -2.46. The Morgan fingerprint density at radius 2 is 2.03 bits per heavy atom. The van der Waals surface area contributed by atoms with E-state index in [0.29, 0.717) is 18.0 Å². The number of nitrogens with one attached hydrogen (secondary N) is 2. The van der Waals surface area contributed by atoms with Crippen LogP contribution in [-0.4, -0.2) is 52.9 Å². The van der Waals surface area contributed by atoms with Crippen LogP contribution in [0.1, 0.15) is 0 Å². The second-order valence-corrected chi connectivity index (χ2v) is 9.35. The van der Waals surface area contributed by atoms with Gasteiger partial charge in [-0.25, -0.2) is 29.8 Å². The molecule has 5 rings (SSSR count). The Balaban J connectivity index is 1.46. The molecule has 150 valence electrons. The van der Waals surface area contributed by atoms with Crippen molar-refractivity contribution < 1.29 is 4.21 Å². The van der Waals surface area contributed by atoms with E-state index >= 15 is 0 Å². The second kappa shape index (κ2) is 6.76. The summed E-state index contributed by atoms with van der Waals surface area (Å²) in [5.74, 6) is 0. The molecule has 1 atom stereocenters. The summed E-state index contributed by atoms with van der Waals surface area (Å²) in [4.78, 5) is 15.7. The molecule has 10 heteroatoms. The second-order valence-electron chi connectivity index (χ2n) is 7.31. The van der Waals surface area contributed by atoms with Crippen molar-refractivity contribution in [3.05, 3.63) is 72.7 Å². The summed E-state index contributed by atoms with van der Waals surface area (Å²) >= 11 is 0. The largest absolute Gasteiger partial charge is 0.346 e. The first-order chi connectivity index (χ1) is 14.5. The van der Waals surface area contributed by atoms with Gasteiger partial charge in [-0.2, -0.15) is 5.10 Å². The van der Waals surface area contributed by atoms with Crippen molar-refractivity contribution in [2.45, 2.75) is 10.4 Å². The number of fused-ring (bicyclic) bond motifs is 1. The number of aromatic amines is 1. The summed E-state index contributed by atoms with van der Waals surface area (Å²) in [5, 5.41) is 5.40. The number of benzene rings is 1. The van der Waals surface area contributed by atoms with Crippen molar-refractivity contribution in [2.24, 2.45) is 0 Å². The van der Waals surface area contributed by atoms with Crippen LogP contribution in [0.2, 0.25) is 0 Å². The zero-order valence-corrected chi connectivity index (χ0v) is 16.7. The molecule has 0 aliphatic carbocycles. The molecule has 0 bridgehead atoms. The molecule has 9 nitrogen and oxygen atoms in total. The minimum Gasteiger partial charge on any atom is -0.346 e. The zero-order valence-electron chi connectivity index (χ0n) is 15.9. The fourth-order valence-electron chi connectivity index (χ4n) is 3.82. The van der Waals surface area contributed by atoms with Gasteiger partial charge in [0.05, 0.1) is 16.8 Å². The maximum atomic E-state index is 13.1. The molecular formula is C20H18N8OS. The van der Waals surface area contributed by atoms with Crippen molar-refractivity contribution in [3.8, 4) is 11.3 Å². The third-order valence-electron chi connectivity index (χ3n) is 5.44. The Morgan fingerprint density at radius 3 is 2.80 bits per heavy atom. The normalized spacial score (nSPS) is 17.8. The van der Waals surface area contributed by atoms with Crippen molar-refractivity contribution in [3.63, 3.8) is 0 Å². The van der Waals surface area contributed by atoms with Crippen LogP contribution in [-0.2, 0) is 15.5 Å². The lowest BCUT2D eigenvalue weighted by molar-refractivity contribution is 0.0863. The van der Waals surface area contributed by atoms with Gasteiger partial charge in [-0.3, -0.25) is 4.68 Å². The summed E-state index contributed by atoms with van der Waals surface area (Å²) in [7, 11) is -3.10. The van der Waals surface area contributed by atoms with Crippen LogP contribution < -0.4 is 0 Å². The molecule has 3 aromatic heterocycles. The van der Waals surface area contributed by atoms with E-state index in [9.17, 15) is 4.21 Å². The number of nitrogens with zero attached hydrogens (tertiary/aromatic N) is 6. The summed E-state index contributed by atoms with van der Waals surface area (Å²) < 4.78 is 24.9. The van der Waals surface area contributed by atoms with Gasteiger partial charge in [0.2, 0.25) is 6.54 Å². The Labute approximate surface area is 173 Å². The molecule has 4 heterocycles. The molecule has 4 aromatic rings. The third kappa shape index (κ3) is 2.79. The van der Waals surface area contributed by atoms with Crippen molar-refractivity contribution in [2.75, 3.05) is 19.6 Å². The molecule has 0 amide bonds. The van der Waals surface area contributed by atoms with E-state index in [1.54, 1.807) is 39.4 Å². The first-order valence-corrected chi connectivity index (χ1v) is 10.8. The zero-order chi connectivity index (χ0) is 20.8. The van der Waals surface area contributed by atoms with Crippen molar-refractivity contribution in [1.82, 2.24) is 29.0 Å². The molecule has 0 spiro atoms. The summed E-state index contributed by atoms with van der Waals surface area (Å²) in [5.41, 5.74) is 1.70. The van der Waals surface area contributed by atoms with Gasteiger partial charge in [-0.1, -0.05) is 18.2 Å². The first kappa shape index (κ1) is 18.5.